The molecule has 1 N–H and O–H groups in total. The van der Waals surface area contributed by atoms with E-state index in [0.29, 0.717) is 12.0 Å². The normalized spacial score (nSPS) is 21.3. The van der Waals surface area contributed by atoms with E-state index in [2.05, 4.69) is 31.2 Å². The topological polar surface area (TPSA) is 37.8 Å². The molecule has 4 heteroatoms. The molecule has 2 fully saturated rings. The van der Waals surface area contributed by atoms with Crippen molar-refractivity contribution in [3.8, 4) is 0 Å². The average molecular weight is 282 g/mol. The van der Waals surface area contributed by atoms with E-state index in [1.807, 2.05) is 6.07 Å². The zero-order valence-electron chi connectivity index (χ0n) is 9.25. The van der Waals surface area contributed by atoms with E-state index in [9.17, 15) is 0 Å². The minimum absolute atomic E-state index is 0.613. The Labute approximate surface area is 104 Å². The van der Waals surface area contributed by atoms with E-state index < -0.39 is 0 Å². The van der Waals surface area contributed by atoms with Crippen LogP contribution >= 0.6 is 15.9 Å². The number of nitrogens with zero attached hydrogens (tertiary/aromatic N) is 2. The first-order valence-electron chi connectivity index (χ1n) is 6.12. The van der Waals surface area contributed by atoms with Crippen LogP contribution < -0.4 is 5.32 Å². The summed E-state index contributed by atoms with van der Waals surface area (Å²) in [6.45, 7) is 0. The van der Waals surface area contributed by atoms with Gasteiger partial charge >= 0.3 is 0 Å². The monoisotopic (exact) mass is 281 g/mol. The molecule has 0 aromatic carbocycles. The standard InChI is InChI=1S/C12H16BrN3/c13-10-7-11(14-9-3-1-2-4-9)16-12(15-10)8-5-6-8/h7-9H,1-6H2,(H,14,15,16). The summed E-state index contributed by atoms with van der Waals surface area (Å²) in [4.78, 5) is 9.04. The summed E-state index contributed by atoms with van der Waals surface area (Å²) in [6.07, 6.45) is 7.75. The molecule has 2 saturated carbocycles. The zero-order valence-corrected chi connectivity index (χ0v) is 10.8. The fourth-order valence-corrected chi connectivity index (χ4v) is 2.71. The van der Waals surface area contributed by atoms with Crippen molar-refractivity contribution in [1.82, 2.24) is 9.97 Å². The SMILES string of the molecule is Brc1cc(NC2CCCC2)nc(C2CC2)n1. The fourth-order valence-electron chi connectivity index (χ4n) is 2.31. The summed E-state index contributed by atoms with van der Waals surface area (Å²) in [5.41, 5.74) is 0. The summed E-state index contributed by atoms with van der Waals surface area (Å²) >= 11 is 3.47. The highest BCUT2D eigenvalue weighted by atomic mass is 79.9. The summed E-state index contributed by atoms with van der Waals surface area (Å²) in [7, 11) is 0. The highest BCUT2D eigenvalue weighted by Gasteiger charge is 2.27. The lowest BCUT2D eigenvalue weighted by molar-refractivity contribution is 0.746. The van der Waals surface area contributed by atoms with Crippen LogP contribution in [0.5, 0.6) is 0 Å². The minimum Gasteiger partial charge on any atom is -0.367 e. The van der Waals surface area contributed by atoms with Gasteiger partial charge in [0.1, 0.15) is 16.2 Å². The van der Waals surface area contributed by atoms with Crippen LogP contribution in [0.4, 0.5) is 5.82 Å². The van der Waals surface area contributed by atoms with E-state index in [1.54, 1.807) is 0 Å². The molecule has 0 radical (unpaired) electrons. The predicted octanol–water partition coefficient (Wildman–Crippen LogP) is 3.47. The van der Waals surface area contributed by atoms with Crippen LogP contribution in [0, 0.1) is 0 Å². The third kappa shape index (κ3) is 2.37. The lowest BCUT2D eigenvalue weighted by Gasteiger charge is -2.13. The summed E-state index contributed by atoms with van der Waals surface area (Å²) < 4.78 is 0.907. The van der Waals surface area contributed by atoms with Gasteiger partial charge in [0.2, 0.25) is 0 Å². The van der Waals surface area contributed by atoms with Gasteiger partial charge in [-0.2, -0.15) is 0 Å². The van der Waals surface area contributed by atoms with Gasteiger partial charge in [-0.1, -0.05) is 12.8 Å². The molecule has 0 aliphatic heterocycles. The molecule has 0 unspecified atom stereocenters. The Morgan fingerprint density at radius 2 is 1.88 bits per heavy atom. The molecular formula is C12H16BrN3. The molecule has 1 aromatic heterocycles. The number of anilines is 1. The number of rotatable bonds is 3. The first kappa shape index (κ1) is 10.5. The number of nitrogens with one attached hydrogen (secondary N) is 1. The highest BCUT2D eigenvalue weighted by molar-refractivity contribution is 9.10. The van der Waals surface area contributed by atoms with Crippen LogP contribution in [0.1, 0.15) is 50.3 Å². The van der Waals surface area contributed by atoms with Crippen molar-refractivity contribution in [3.63, 3.8) is 0 Å². The van der Waals surface area contributed by atoms with Crippen molar-refractivity contribution in [2.24, 2.45) is 0 Å². The molecule has 3 nitrogen and oxygen atoms in total. The van der Waals surface area contributed by atoms with Crippen molar-refractivity contribution in [3.05, 3.63) is 16.5 Å². The molecule has 0 amide bonds. The van der Waals surface area contributed by atoms with Crippen LogP contribution in [0.15, 0.2) is 10.7 Å². The smallest absolute Gasteiger partial charge is 0.135 e. The Kier molecular flexibility index (Phi) is 2.84. The van der Waals surface area contributed by atoms with Gasteiger partial charge in [0.25, 0.3) is 0 Å². The first-order chi connectivity index (χ1) is 7.81. The lowest BCUT2D eigenvalue weighted by atomic mass is 10.2. The van der Waals surface area contributed by atoms with E-state index in [1.165, 1.54) is 38.5 Å². The van der Waals surface area contributed by atoms with Crippen LogP contribution in [0.2, 0.25) is 0 Å². The number of hydrogen-bond acceptors (Lipinski definition) is 3. The molecule has 2 aliphatic carbocycles. The van der Waals surface area contributed by atoms with Crippen LogP contribution in [-0.4, -0.2) is 16.0 Å². The summed E-state index contributed by atoms with van der Waals surface area (Å²) in [6, 6.07) is 2.61. The highest BCUT2D eigenvalue weighted by Crippen LogP contribution is 2.39. The van der Waals surface area contributed by atoms with Gasteiger partial charge in [0.15, 0.2) is 0 Å². The van der Waals surface area contributed by atoms with Crippen LogP contribution in [0.3, 0.4) is 0 Å². The Morgan fingerprint density at radius 3 is 2.56 bits per heavy atom. The Balaban J connectivity index is 1.76. The van der Waals surface area contributed by atoms with Crippen molar-refractivity contribution >= 4 is 21.7 Å². The Hall–Kier alpha value is -0.640. The van der Waals surface area contributed by atoms with Gasteiger partial charge in [-0.3, -0.25) is 0 Å². The van der Waals surface area contributed by atoms with E-state index >= 15 is 0 Å². The second-order valence-electron chi connectivity index (χ2n) is 4.83. The van der Waals surface area contributed by atoms with Gasteiger partial charge in [-0.05, 0) is 41.6 Å². The molecule has 0 saturated heterocycles. The molecular weight excluding hydrogens is 266 g/mol. The molecule has 1 heterocycles. The van der Waals surface area contributed by atoms with Gasteiger partial charge < -0.3 is 5.32 Å². The largest absolute Gasteiger partial charge is 0.367 e. The Bertz CT molecular complexity index is 384. The fraction of sp³-hybridized carbons (Fsp3) is 0.667. The minimum atomic E-state index is 0.613. The molecule has 0 spiro atoms. The molecule has 3 rings (SSSR count). The van der Waals surface area contributed by atoms with Crippen LogP contribution in [-0.2, 0) is 0 Å². The zero-order chi connectivity index (χ0) is 11.0. The van der Waals surface area contributed by atoms with Gasteiger partial charge in [0.05, 0.1) is 0 Å². The molecule has 2 aliphatic rings. The van der Waals surface area contributed by atoms with E-state index in [4.69, 9.17) is 0 Å². The van der Waals surface area contributed by atoms with Crippen molar-refractivity contribution in [2.45, 2.75) is 50.5 Å². The molecule has 86 valence electrons. The predicted molar refractivity (Wildman–Crippen MR) is 67.6 cm³/mol. The summed E-state index contributed by atoms with van der Waals surface area (Å²) in [5.74, 6) is 2.62. The number of aromatic nitrogens is 2. The number of halogens is 1. The van der Waals surface area contributed by atoms with Crippen molar-refractivity contribution in [2.75, 3.05) is 5.32 Å². The Morgan fingerprint density at radius 1 is 1.12 bits per heavy atom. The lowest BCUT2D eigenvalue weighted by Crippen LogP contribution is -2.16. The second-order valence-corrected chi connectivity index (χ2v) is 5.65. The van der Waals surface area contributed by atoms with Crippen molar-refractivity contribution < 1.29 is 0 Å². The first-order valence-corrected chi connectivity index (χ1v) is 6.91. The molecule has 1 aromatic rings. The van der Waals surface area contributed by atoms with E-state index in [-0.39, 0.29) is 0 Å². The second kappa shape index (κ2) is 4.32. The molecule has 0 atom stereocenters. The third-order valence-corrected chi connectivity index (χ3v) is 3.77. The maximum absolute atomic E-state index is 4.61. The third-order valence-electron chi connectivity index (χ3n) is 3.36. The number of hydrogen-bond donors (Lipinski definition) is 1. The molecule has 16 heavy (non-hydrogen) atoms. The summed E-state index contributed by atoms with van der Waals surface area (Å²) in [5, 5.41) is 3.52. The van der Waals surface area contributed by atoms with E-state index in [0.717, 1.165) is 16.2 Å². The average Bonchev–Trinajstić information content (AvgIpc) is 2.98. The molecule has 0 bridgehead atoms. The van der Waals surface area contributed by atoms with Crippen molar-refractivity contribution in [1.29, 1.82) is 0 Å². The maximum atomic E-state index is 4.61. The van der Waals surface area contributed by atoms with Gasteiger partial charge in [0, 0.05) is 18.0 Å². The van der Waals surface area contributed by atoms with Crippen LogP contribution in [0.25, 0.3) is 0 Å². The quantitative estimate of drug-likeness (QED) is 0.863. The van der Waals surface area contributed by atoms with Gasteiger partial charge in [-0.15, -0.1) is 0 Å². The maximum Gasteiger partial charge on any atom is 0.135 e. The van der Waals surface area contributed by atoms with Gasteiger partial charge in [-0.25, -0.2) is 9.97 Å².